The molecule has 0 aromatic carbocycles. The van der Waals surface area contributed by atoms with E-state index in [1.54, 1.807) is 0 Å². The second-order valence-electron chi connectivity index (χ2n) is 2.02. The van der Waals surface area contributed by atoms with E-state index in [1.165, 1.54) is 0 Å². The number of ether oxygens (including phenoxy) is 1. The van der Waals surface area contributed by atoms with Gasteiger partial charge in [0, 0.05) is 7.11 Å². The van der Waals surface area contributed by atoms with Crippen LogP contribution in [0, 0.1) is 0 Å². The zero-order valence-corrected chi connectivity index (χ0v) is 8.86. The molecule has 7 heteroatoms. The van der Waals surface area contributed by atoms with Crippen molar-refractivity contribution in [1.82, 2.24) is 0 Å². The number of halogens is 3. The molecular weight excluding hydrogens is 188 g/mol. The molecule has 0 spiro atoms. The van der Waals surface area contributed by atoms with Gasteiger partial charge in [-0.25, -0.2) is 0 Å². The van der Waals surface area contributed by atoms with Crippen LogP contribution in [0.25, 0.3) is 0 Å². The van der Waals surface area contributed by atoms with Crippen molar-refractivity contribution in [3.8, 4) is 0 Å². The first-order valence-corrected chi connectivity index (χ1v) is 2.59. The van der Waals surface area contributed by atoms with Crippen LogP contribution in [0.4, 0.5) is 13.2 Å². The van der Waals surface area contributed by atoms with Crippen molar-refractivity contribution >= 4 is 5.97 Å². The van der Waals surface area contributed by atoms with Gasteiger partial charge in [-0.15, -0.1) is 0 Å². The summed E-state index contributed by atoms with van der Waals surface area (Å²) in [6, 6.07) is 0. The Morgan fingerprint density at radius 1 is 1.42 bits per heavy atom. The first kappa shape index (κ1) is 14.7. The van der Waals surface area contributed by atoms with Gasteiger partial charge in [0.15, 0.2) is 5.60 Å². The summed E-state index contributed by atoms with van der Waals surface area (Å²) in [6.07, 6.45) is -4.96. The molecule has 0 N–H and O–H groups in total. The van der Waals surface area contributed by atoms with E-state index >= 15 is 0 Å². The van der Waals surface area contributed by atoms with E-state index in [0.717, 1.165) is 0 Å². The number of carboxylic acid groups (broad SMARTS) is 1. The van der Waals surface area contributed by atoms with Crippen molar-refractivity contribution in [3.63, 3.8) is 0 Å². The molecule has 66 valence electrons. The van der Waals surface area contributed by atoms with Crippen molar-refractivity contribution < 1.29 is 57.4 Å². The summed E-state index contributed by atoms with van der Waals surface area (Å²) in [7, 11) is 0.656. The molecule has 0 bridgehead atoms. The zero-order chi connectivity index (χ0) is 9.28. The van der Waals surface area contributed by atoms with Crippen molar-refractivity contribution in [2.24, 2.45) is 0 Å². The molecule has 0 aliphatic heterocycles. The Kier molecular flexibility index (Phi) is 5.47. The van der Waals surface area contributed by atoms with Gasteiger partial charge < -0.3 is 14.6 Å². The molecule has 0 aliphatic carbocycles. The fourth-order valence-corrected chi connectivity index (χ4v) is 0.315. The molecular formula is C5H6F3NaO3. The number of alkyl halides is 3. The maximum atomic E-state index is 11.8. The smallest absolute Gasteiger partial charge is 0.547 e. The number of hydrogen-bond donors (Lipinski definition) is 0. The summed E-state index contributed by atoms with van der Waals surface area (Å²) in [5.74, 6) is -2.30. The largest absolute Gasteiger partial charge is 1.00 e. The Hall–Kier alpha value is 0.220. The summed E-state index contributed by atoms with van der Waals surface area (Å²) < 4.78 is 39.2. The van der Waals surface area contributed by atoms with Gasteiger partial charge in [-0.3, -0.25) is 0 Å². The molecule has 3 nitrogen and oxygen atoms in total. The van der Waals surface area contributed by atoms with Gasteiger partial charge in [-0.05, 0) is 6.92 Å². The number of methoxy groups -OCH3 is 1. The zero-order valence-electron chi connectivity index (χ0n) is 6.86. The third-order valence-electron chi connectivity index (χ3n) is 1.34. The third kappa shape index (κ3) is 2.62. The minimum absolute atomic E-state index is 0. The van der Waals surface area contributed by atoms with Crippen LogP contribution in [0.3, 0.4) is 0 Å². The van der Waals surface area contributed by atoms with Crippen LogP contribution in [0.15, 0.2) is 0 Å². The van der Waals surface area contributed by atoms with Gasteiger partial charge in [-0.1, -0.05) is 0 Å². The summed E-state index contributed by atoms with van der Waals surface area (Å²) in [5.41, 5.74) is -3.22. The van der Waals surface area contributed by atoms with E-state index < -0.39 is 17.7 Å². The second kappa shape index (κ2) is 4.45. The van der Waals surface area contributed by atoms with Gasteiger partial charge in [0.05, 0.1) is 5.97 Å². The fourth-order valence-electron chi connectivity index (χ4n) is 0.315. The van der Waals surface area contributed by atoms with E-state index in [9.17, 15) is 23.1 Å². The SMILES string of the molecule is COC(C)(C(=O)[O-])C(F)(F)F.[Na+]. The monoisotopic (exact) mass is 194 g/mol. The van der Waals surface area contributed by atoms with Crippen molar-refractivity contribution in [1.29, 1.82) is 0 Å². The number of aliphatic carboxylic acids is 1. The van der Waals surface area contributed by atoms with Crippen LogP contribution in [-0.4, -0.2) is 24.9 Å². The molecule has 0 saturated carbocycles. The normalized spacial score (nSPS) is 16.1. The molecule has 0 saturated heterocycles. The van der Waals surface area contributed by atoms with Crippen molar-refractivity contribution in [2.45, 2.75) is 18.7 Å². The summed E-state index contributed by atoms with van der Waals surface area (Å²) in [6.45, 7) is 0.391. The van der Waals surface area contributed by atoms with E-state index in [4.69, 9.17) is 0 Å². The predicted molar refractivity (Wildman–Crippen MR) is 26.5 cm³/mol. The minimum Gasteiger partial charge on any atom is -0.547 e. The first-order chi connectivity index (χ1) is 4.75. The number of hydrogen-bond acceptors (Lipinski definition) is 3. The molecule has 1 atom stereocenters. The number of carboxylic acids is 1. The maximum absolute atomic E-state index is 11.8. The number of carbonyl (C=O) groups is 1. The van der Waals surface area contributed by atoms with E-state index in [-0.39, 0.29) is 29.6 Å². The molecule has 1 unspecified atom stereocenters. The summed E-state index contributed by atoms with van der Waals surface area (Å²) in [5, 5.41) is 9.94. The Labute approximate surface area is 89.2 Å². The Morgan fingerprint density at radius 3 is 1.75 bits per heavy atom. The van der Waals surface area contributed by atoms with Crippen LogP contribution < -0.4 is 34.7 Å². The predicted octanol–water partition coefficient (Wildman–Crippen LogP) is -3.29. The maximum Gasteiger partial charge on any atom is 1.00 e. The van der Waals surface area contributed by atoms with Crippen LogP contribution in [0.2, 0.25) is 0 Å². The molecule has 0 amide bonds. The van der Waals surface area contributed by atoms with Crippen LogP contribution in [0.1, 0.15) is 6.92 Å². The quantitative estimate of drug-likeness (QED) is 0.433. The average molecular weight is 194 g/mol. The number of carbonyl (C=O) groups excluding carboxylic acids is 1. The van der Waals surface area contributed by atoms with Crippen molar-refractivity contribution in [2.75, 3.05) is 7.11 Å². The van der Waals surface area contributed by atoms with Gasteiger partial charge in [0.25, 0.3) is 0 Å². The summed E-state index contributed by atoms with van der Waals surface area (Å²) in [4.78, 5) is 9.94. The minimum atomic E-state index is -4.96. The van der Waals surface area contributed by atoms with E-state index in [2.05, 4.69) is 4.74 Å². The topological polar surface area (TPSA) is 49.4 Å². The van der Waals surface area contributed by atoms with Crippen molar-refractivity contribution in [3.05, 3.63) is 0 Å². The fraction of sp³-hybridized carbons (Fsp3) is 0.800. The molecule has 0 aliphatic rings. The van der Waals surface area contributed by atoms with Crippen LogP contribution in [0.5, 0.6) is 0 Å². The molecule has 0 heterocycles. The van der Waals surface area contributed by atoms with Gasteiger partial charge >= 0.3 is 35.7 Å². The van der Waals surface area contributed by atoms with Crippen LogP contribution in [-0.2, 0) is 9.53 Å². The second-order valence-corrected chi connectivity index (χ2v) is 2.02. The molecule has 0 aromatic rings. The van der Waals surface area contributed by atoms with E-state index in [1.807, 2.05) is 0 Å². The Balaban J connectivity index is 0. The van der Waals surface area contributed by atoms with Gasteiger partial charge in [0.2, 0.25) is 0 Å². The Bertz CT molecular complexity index is 170. The average Bonchev–Trinajstić information content (AvgIpc) is 1.83. The molecule has 12 heavy (non-hydrogen) atoms. The first-order valence-electron chi connectivity index (χ1n) is 2.59. The molecule has 0 rings (SSSR count). The van der Waals surface area contributed by atoms with Gasteiger partial charge in [-0.2, -0.15) is 13.2 Å². The summed E-state index contributed by atoms with van der Waals surface area (Å²) >= 11 is 0. The van der Waals surface area contributed by atoms with Gasteiger partial charge in [0.1, 0.15) is 0 Å². The molecule has 0 fully saturated rings. The number of rotatable bonds is 2. The van der Waals surface area contributed by atoms with E-state index in [0.29, 0.717) is 14.0 Å². The standard InChI is InChI=1S/C5H7F3O3.Na/c1-4(11-2,3(9)10)5(6,7)8;/h1-2H3,(H,9,10);/q;+1/p-1. The Morgan fingerprint density at radius 2 is 1.75 bits per heavy atom. The molecule has 0 aromatic heterocycles. The molecule has 0 radical (unpaired) electrons. The van der Waals surface area contributed by atoms with Crippen LogP contribution >= 0.6 is 0 Å². The third-order valence-corrected chi connectivity index (χ3v) is 1.34.